The lowest BCUT2D eigenvalue weighted by Gasteiger charge is -2.17. The molecule has 0 rings (SSSR count). The molecule has 1 N–H and O–H groups in total. The summed E-state index contributed by atoms with van der Waals surface area (Å²) < 4.78 is 4.97. The summed E-state index contributed by atoms with van der Waals surface area (Å²) >= 11 is 0. The van der Waals surface area contributed by atoms with Crippen molar-refractivity contribution in [1.29, 1.82) is 0 Å². The molecular weight excluding hydrogens is 150 g/mol. The molecule has 0 spiro atoms. The molecule has 0 aromatic heterocycles. The van der Waals surface area contributed by atoms with Crippen molar-refractivity contribution < 1.29 is 4.74 Å². The predicted molar refractivity (Wildman–Crippen MR) is 52.0 cm³/mol. The highest BCUT2D eigenvalue weighted by molar-refractivity contribution is 4.98. The van der Waals surface area contributed by atoms with E-state index in [-0.39, 0.29) is 6.04 Å². The number of rotatable bonds is 6. The van der Waals surface area contributed by atoms with Gasteiger partial charge >= 0.3 is 0 Å². The van der Waals surface area contributed by atoms with Gasteiger partial charge in [-0.3, -0.25) is 0 Å². The number of hydrogen-bond donors (Lipinski definition) is 1. The Morgan fingerprint density at radius 1 is 1.58 bits per heavy atom. The summed E-state index contributed by atoms with van der Waals surface area (Å²) in [5.41, 5.74) is 0. The van der Waals surface area contributed by atoms with Gasteiger partial charge in [-0.05, 0) is 19.8 Å². The molecular formula is C10H19NO. The van der Waals surface area contributed by atoms with Gasteiger partial charge in [0.25, 0.3) is 0 Å². The van der Waals surface area contributed by atoms with Crippen molar-refractivity contribution in [2.45, 2.75) is 38.8 Å². The molecule has 12 heavy (non-hydrogen) atoms. The van der Waals surface area contributed by atoms with E-state index >= 15 is 0 Å². The Bertz CT molecular complexity index is 139. The van der Waals surface area contributed by atoms with E-state index in [4.69, 9.17) is 11.2 Å². The largest absolute Gasteiger partial charge is 0.385 e. The van der Waals surface area contributed by atoms with Crippen LogP contribution in [0.4, 0.5) is 0 Å². The van der Waals surface area contributed by atoms with Gasteiger partial charge in [0.15, 0.2) is 0 Å². The normalized spacial score (nSPS) is 15.2. The van der Waals surface area contributed by atoms with E-state index in [1.54, 1.807) is 7.11 Å². The number of nitrogens with one attached hydrogen (secondary N) is 1. The molecule has 0 aliphatic rings. The third-order valence-corrected chi connectivity index (χ3v) is 1.85. The van der Waals surface area contributed by atoms with Crippen molar-refractivity contribution in [3.8, 4) is 12.3 Å². The molecule has 0 aromatic carbocycles. The minimum absolute atomic E-state index is 0.205. The molecule has 0 fully saturated rings. The number of hydrogen-bond acceptors (Lipinski definition) is 2. The molecule has 0 aliphatic carbocycles. The molecule has 0 saturated carbocycles. The molecule has 2 atom stereocenters. The lowest BCUT2D eigenvalue weighted by Crippen LogP contribution is -2.35. The quantitative estimate of drug-likeness (QED) is 0.607. The van der Waals surface area contributed by atoms with Gasteiger partial charge in [0.1, 0.15) is 0 Å². The first-order valence-corrected chi connectivity index (χ1v) is 4.45. The third-order valence-electron chi connectivity index (χ3n) is 1.85. The van der Waals surface area contributed by atoms with Crippen LogP contribution in [-0.4, -0.2) is 25.8 Å². The minimum atomic E-state index is 0.205. The standard InChI is InChI=1S/C10H19NO/c1-5-10(6-2)11-9(3)7-8-12-4/h1,9-11H,6-8H2,2-4H3. The fourth-order valence-electron chi connectivity index (χ4n) is 1.01. The third kappa shape index (κ3) is 5.17. The van der Waals surface area contributed by atoms with Crippen LogP contribution in [0.15, 0.2) is 0 Å². The van der Waals surface area contributed by atoms with E-state index < -0.39 is 0 Å². The molecule has 0 heterocycles. The molecule has 70 valence electrons. The van der Waals surface area contributed by atoms with Gasteiger partial charge in [-0.15, -0.1) is 6.42 Å². The monoisotopic (exact) mass is 169 g/mol. The Hall–Kier alpha value is -0.520. The van der Waals surface area contributed by atoms with E-state index in [0.29, 0.717) is 6.04 Å². The van der Waals surface area contributed by atoms with Gasteiger partial charge in [-0.25, -0.2) is 0 Å². The Morgan fingerprint density at radius 2 is 2.25 bits per heavy atom. The van der Waals surface area contributed by atoms with Crippen LogP contribution in [-0.2, 0) is 4.74 Å². The number of terminal acetylenes is 1. The highest BCUT2D eigenvalue weighted by Gasteiger charge is 2.06. The van der Waals surface area contributed by atoms with Crippen molar-refractivity contribution in [2.75, 3.05) is 13.7 Å². The summed E-state index contributed by atoms with van der Waals surface area (Å²) in [7, 11) is 1.71. The van der Waals surface area contributed by atoms with Crippen LogP contribution in [0.1, 0.15) is 26.7 Å². The lowest BCUT2D eigenvalue weighted by atomic mass is 10.2. The zero-order valence-electron chi connectivity index (χ0n) is 8.26. The summed E-state index contributed by atoms with van der Waals surface area (Å²) in [5.74, 6) is 2.71. The topological polar surface area (TPSA) is 21.3 Å². The predicted octanol–water partition coefficient (Wildman–Crippen LogP) is 1.41. The van der Waals surface area contributed by atoms with Crippen molar-refractivity contribution in [2.24, 2.45) is 0 Å². The van der Waals surface area contributed by atoms with Crippen LogP contribution >= 0.6 is 0 Å². The maximum absolute atomic E-state index is 5.32. The number of methoxy groups -OCH3 is 1. The molecule has 0 aromatic rings. The van der Waals surface area contributed by atoms with E-state index in [9.17, 15) is 0 Å². The fraction of sp³-hybridized carbons (Fsp3) is 0.800. The molecule has 0 amide bonds. The second kappa shape index (κ2) is 7.15. The second-order valence-electron chi connectivity index (χ2n) is 2.98. The SMILES string of the molecule is C#CC(CC)NC(C)CCOC. The van der Waals surface area contributed by atoms with E-state index in [0.717, 1.165) is 19.4 Å². The average molecular weight is 169 g/mol. The second-order valence-corrected chi connectivity index (χ2v) is 2.98. The van der Waals surface area contributed by atoms with E-state index in [1.807, 2.05) is 0 Å². The molecule has 0 bridgehead atoms. The van der Waals surface area contributed by atoms with Crippen molar-refractivity contribution in [3.63, 3.8) is 0 Å². The molecule has 0 saturated heterocycles. The maximum Gasteiger partial charge on any atom is 0.0686 e. The Balaban J connectivity index is 3.53. The van der Waals surface area contributed by atoms with Gasteiger partial charge in [-0.1, -0.05) is 12.8 Å². The number of ether oxygens (including phenoxy) is 1. The van der Waals surface area contributed by atoms with Crippen LogP contribution in [0.25, 0.3) is 0 Å². The Kier molecular flexibility index (Phi) is 6.84. The van der Waals surface area contributed by atoms with Crippen LogP contribution in [0.5, 0.6) is 0 Å². The first-order chi connectivity index (χ1) is 5.74. The first kappa shape index (κ1) is 11.5. The molecule has 2 unspecified atom stereocenters. The van der Waals surface area contributed by atoms with Gasteiger partial charge < -0.3 is 10.1 Å². The molecule has 0 radical (unpaired) electrons. The average Bonchev–Trinajstić information content (AvgIpc) is 2.10. The lowest BCUT2D eigenvalue weighted by molar-refractivity contribution is 0.184. The minimum Gasteiger partial charge on any atom is -0.385 e. The molecule has 2 nitrogen and oxygen atoms in total. The van der Waals surface area contributed by atoms with Gasteiger partial charge in [0.2, 0.25) is 0 Å². The van der Waals surface area contributed by atoms with Crippen LogP contribution < -0.4 is 5.32 Å². The highest BCUT2D eigenvalue weighted by atomic mass is 16.5. The van der Waals surface area contributed by atoms with Gasteiger partial charge in [0.05, 0.1) is 6.04 Å². The van der Waals surface area contributed by atoms with Crippen molar-refractivity contribution in [1.82, 2.24) is 5.32 Å². The Morgan fingerprint density at radius 3 is 2.67 bits per heavy atom. The molecule has 2 heteroatoms. The van der Waals surface area contributed by atoms with Gasteiger partial charge in [0, 0.05) is 19.8 Å². The van der Waals surface area contributed by atoms with Crippen LogP contribution in [0.2, 0.25) is 0 Å². The molecule has 0 aliphatic heterocycles. The zero-order chi connectivity index (χ0) is 9.40. The van der Waals surface area contributed by atoms with Crippen LogP contribution in [0.3, 0.4) is 0 Å². The summed E-state index contributed by atoms with van der Waals surface area (Å²) in [6, 6.07) is 0.641. The fourth-order valence-corrected chi connectivity index (χ4v) is 1.01. The van der Waals surface area contributed by atoms with Crippen molar-refractivity contribution in [3.05, 3.63) is 0 Å². The summed E-state index contributed by atoms with van der Waals surface area (Å²) in [6.45, 7) is 4.99. The summed E-state index contributed by atoms with van der Waals surface area (Å²) in [5, 5.41) is 3.34. The Labute approximate surface area is 75.7 Å². The van der Waals surface area contributed by atoms with E-state index in [2.05, 4.69) is 25.1 Å². The van der Waals surface area contributed by atoms with Crippen LogP contribution in [0, 0.1) is 12.3 Å². The highest BCUT2D eigenvalue weighted by Crippen LogP contribution is 1.95. The summed E-state index contributed by atoms with van der Waals surface area (Å²) in [6.07, 6.45) is 7.31. The van der Waals surface area contributed by atoms with E-state index in [1.165, 1.54) is 0 Å². The van der Waals surface area contributed by atoms with Crippen molar-refractivity contribution >= 4 is 0 Å². The first-order valence-electron chi connectivity index (χ1n) is 4.45. The van der Waals surface area contributed by atoms with Gasteiger partial charge in [-0.2, -0.15) is 0 Å². The smallest absolute Gasteiger partial charge is 0.0686 e. The maximum atomic E-state index is 5.32. The summed E-state index contributed by atoms with van der Waals surface area (Å²) in [4.78, 5) is 0. The zero-order valence-corrected chi connectivity index (χ0v) is 8.26.